The van der Waals surface area contributed by atoms with Crippen LogP contribution in [0.1, 0.15) is 12.0 Å². The Labute approximate surface area is 145 Å². The summed E-state index contributed by atoms with van der Waals surface area (Å²) in [7, 11) is 0. The summed E-state index contributed by atoms with van der Waals surface area (Å²) < 4.78 is 10.6. The summed E-state index contributed by atoms with van der Waals surface area (Å²) in [5.41, 5.74) is 1.57. The molecular weight excluding hydrogens is 322 g/mol. The maximum absolute atomic E-state index is 12.2. The second-order valence-corrected chi connectivity index (χ2v) is 5.56. The smallest absolute Gasteiger partial charge is 0.248 e. The van der Waals surface area contributed by atoms with Crippen LogP contribution in [-0.2, 0) is 25.5 Å². The van der Waals surface area contributed by atoms with Crippen LogP contribution < -0.4 is 10.6 Å². The minimum Gasteiger partial charge on any atom is -0.454 e. The van der Waals surface area contributed by atoms with Crippen molar-refractivity contribution >= 4 is 11.8 Å². The van der Waals surface area contributed by atoms with Crippen LogP contribution in [0.15, 0.2) is 59.8 Å². The van der Waals surface area contributed by atoms with Gasteiger partial charge in [-0.05, 0) is 36.6 Å². The van der Waals surface area contributed by atoms with Gasteiger partial charge in [-0.15, -0.1) is 0 Å². The van der Waals surface area contributed by atoms with Gasteiger partial charge in [0.2, 0.25) is 18.6 Å². The van der Waals surface area contributed by atoms with E-state index >= 15 is 0 Å². The molecule has 2 aliphatic rings. The van der Waals surface area contributed by atoms with Gasteiger partial charge in [-0.25, -0.2) is 0 Å². The van der Waals surface area contributed by atoms with Crippen LogP contribution >= 0.6 is 0 Å². The molecule has 1 aromatic heterocycles. The molecule has 0 atom stereocenters. The fourth-order valence-corrected chi connectivity index (χ4v) is 2.44. The minimum absolute atomic E-state index is 0.0732. The monoisotopic (exact) mass is 341 g/mol. The van der Waals surface area contributed by atoms with E-state index < -0.39 is 0 Å². The highest BCUT2D eigenvalue weighted by Crippen LogP contribution is 2.24. The summed E-state index contributed by atoms with van der Waals surface area (Å²) in [4.78, 5) is 28.1. The highest BCUT2D eigenvalue weighted by molar-refractivity contribution is 5.96. The number of rotatable bonds is 6. The Balaban J connectivity index is 1.43. The van der Waals surface area contributed by atoms with Crippen molar-refractivity contribution < 1.29 is 19.1 Å². The Morgan fingerprint density at radius 3 is 2.92 bits per heavy atom. The quantitative estimate of drug-likeness (QED) is 0.804. The number of nitrogens with one attached hydrogen (secondary N) is 2. The fraction of sp³-hybridized carbons (Fsp3) is 0.278. The fourth-order valence-electron chi connectivity index (χ4n) is 2.44. The molecule has 0 saturated heterocycles. The van der Waals surface area contributed by atoms with Crippen molar-refractivity contribution in [2.75, 3.05) is 19.9 Å². The Morgan fingerprint density at radius 1 is 1.20 bits per heavy atom. The van der Waals surface area contributed by atoms with Crippen LogP contribution in [0.5, 0.6) is 0 Å². The lowest BCUT2D eigenvalue weighted by Gasteiger charge is -2.08. The van der Waals surface area contributed by atoms with E-state index in [1.54, 1.807) is 24.5 Å². The first-order chi connectivity index (χ1) is 12.2. The molecule has 2 amide bonds. The molecule has 0 unspecified atom stereocenters. The third-order valence-corrected chi connectivity index (χ3v) is 3.74. The molecule has 2 N–H and O–H groups in total. The van der Waals surface area contributed by atoms with Crippen LogP contribution in [0.25, 0.3) is 0 Å². The van der Waals surface area contributed by atoms with E-state index in [4.69, 9.17) is 9.47 Å². The number of hydrogen-bond donors (Lipinski definition) is 2. The van der Waals surface area contributed by atoms with E-state index in [0.717, 1.165) is 5.56 Å². The Kier molecular flexibility index (Phi) is 5.46. The lowest BCUT2D eigenvalue weighted by Crippen LogP contribution is -2.38. The molecule has 0 bridgehead atoms. The zero-order valence-corrected chi connectivity index (χ0v) is 13.7. The van der Waals surface area contributed by atoms with Gasteiger partial charge in [0.25, 0.3) is 0 Å². The van der Waals surface area contributed by atoms with Crippen molar-refractivity contribution in [2.24, 2.45) is 0 Å². The van der Waals surface area contributed by atoms with Gasteiger partial charge in [0, 0.05) is 24.5 Å². The van der Waals surface area contributed by atoms with Gasteiger partial charge in [0.05, 0.1) is 6.54 Å². The lowest BCUT2D eigenvalue weighted by molar-refractivity contribution is -0.124. The maximum atomic E-state index is 12.2. The van der Waals surface area contributed by atoms with Gasteiger partial charge in [-0.1, -0.05) is 12.1 Å². The number of carbonyl (C=O) groups is 2. The highest BCUT2D eigenvalue weighted by Gasteiger charge is 2.19. The number of hydrogen-bond acceptors (Lipinski definition) is 5. The van der Waals surface area contributed by atoms with Crippen LogP contribution in [0.2, 0.25) is 0 Å². The van der Waals surface area contributed by atoms with E-state index in [9.17, 15) is 9.59 Å². The molecule has 2 heterocycles. The van der Waals surface area contributed by atoms with Gasteiger partial charge >= 0.3 is 0 Å². The first kappa shape index (κ1) is 16.8. The number of aromatic nitrogens is 1. The second-order valence-electron chi connectivity index (χ2n) is 5.56. The molecule has 130 valence electrons. The normalized spacial score (nSPS) is 15.4. The molecule has 0 spiro atoms. The summed E-state index contributed by atoms with van der Waals surface area (Å²) in [6.45, 7) is 0.573. The van der Waals surface area contributed by atoms with E-state index in [2.05, 4.69) is 15.6 Å². The summed E-state index contributed by atoms with van der Waals surface area (Å²) in [6, 6.07) is 3.80. The molecule has 1 aliphatic carbocycles. The summed E-state index contributed by atoms with van der Waals surface area (Å²) in [5.74, 6) is 0.634. The van der Waals surface area contributed by atoms with Crippen molar-refractivity contribution in [3.05, 3.63) is 65.4 Å². The average Bonchev–Trinajstić information content (AvgIpc) is 2.97. The minimum atomic E-state index is -0.295. The zero-order chi connectivity index (χ0) is 17.5. The third kappa shape index (κ3) is 4.69. The molecule has 1 aromatic rings. The van der Waals surface area contributed by atoms with Crippen molar-refractivity contribution in [1.82, 2.24) is 15.6 Å². The maximum Gasteiger partial charge on any atom is 0.248 e. The van der Waals surface area contributed by atoms with Crippen LogP contribution in [0.3, 0.4) is 0 Å². The van der Waals surface area contributed by atoms with Crippen molar-refractivity contribution in [3.8, 4) is 0 Å². The summed E-state index contributed by atoms with van der Waals surface area (Å²) >= 11 is 0. The molecule has 0 aromatic carbocycles. The predicted molar refractivity (Wildman–Crippen MR) is 89.9 cm³/mol. The molecule has 0 saturated carbocycles. The van der Waals surface area contributed by atoms with E-state index in [0.29, 0.717) is 36.5 Å². The van der Waals surface area contributed by atoms with Crippen LogP contribution in [0.4, 0.5) is 0 Å². The van der Waals surface area contributed by atoms with Crippen LogP contribution in [-0.4, -0.2) is 36.7 Å². The molecule has 3 rings (SSSR count). The number of nitrogens with zero attached hydrogens (tertiary/aromatic N) is 1. The average molecular weight is 341 g/mol. The van der Waals surface area contributed by atoms with E-state index in [-0.39, 0.29) is 25.2 Å². The largest absolute Gasteiger partial charge is 0.454 e. The Bertz CT molecular complexity index is 738. The Hall–Kier alpha value is -3.09. The highest BCUT2D eigenvalue weighted by atomic mass is 16.7. The molecule has 0 fully saturated rings. The number of allylic oxidation sites excluding steroid dienone is 3. The first-order valence-corrected chi connectivity index (χ1v) is 8.03. The molecule has 25 heavy (non-hydrogen) atoms. The first-order valence-electron chi connectivity index (χ1n) is 8.03. The van der Waals surface area contributed by atoms with Gasteiger partial charge in [0.15, 0.2) is 11.5 Å². The topological polar surface area (TPSA) is 89.6 Å². The number of amides is 2. The number of pyridine rings is 1. The number of ether oxygens (including phenoxy) is 2. The Morgan fingerprint density at radius 2 is 2.08 bits per heavy atom. The van der Waals surface area contributed by atoms with E-state index in [1.807, 2.05) is 18.2 Å². The molecule has 7 heteroatoms. The third-order valence-electron chi connectivity index (χ3n) is 3.74. The number of carbonyl (C=O) groups excluding carboxylic acids is 2. The standard InChI is InChI=1S/C18H19N3O4/c22-17(20-8-6-13-3-2-7-19-10-13)11-21-18(23)14-4-1-5-15-16(9-14)25-12-24-15/h1-3,5,7,9-10H,4,6,8,11-12H2,(H,20,22)(H,21,23). The van der Waals surface area contributed by atoms with Crippen molar-refractivity contribution in [3.63, 3.8) is 0 Å². The molecule has 1 aliphatic heterocycles. The van der Waals surface area contributed by atoms with Crippen molar-refractivity contribution in [2.45, 2.75) is 12.8 Å². The van der Waals surface area contributed by atoms with Gasteiger partial charge in [-0.2, -0.15) is 0 Å². The second kappa shape index (κ2) is 8.14. The van der Waals surface area contributed by atoms with Gasteiger partial charge in [0.1, 0.15) is 0 Å². The molecular formula is C18H19N3O4. The van der Waals surface area contributed by atoms with Crippen molar-refractivity contribution in [1.29, 1.82) is 0 Å². The van der Waals surface area contributed by atoms with Crippen LogP contribution in [0, 0.1) is 0 Å². The summed E-state index contributed by atoms with van der Waals surface area (Å²) in [5, 5.41) is 5.39. The molecule has 0 radical (unpaired) electrons. The summed E-state index contributed by atoms with van der Waals surface area (Å²) in [6.07, 6.45) is 9.87. The zero-order valence-electron chi connectivity index (χ0n) is 13.7. The van der Waals surface area contributed by atoms with Gasteiger partial charge < -0.3 is 20.1 Å². The predicted octanol–water partition coefficient (Wildman–Crippen LogP) is 0.959. The SMILES string of the molecule is O=C(CNC(=O)C1=CC2=C(C=CC1)OCO2)NCCc1cccnc1. The lowest BCUT2D eigenvalue weighted by atomic mass is 10.1. The molecule has 7 nitrogen and oxygen atoms in total. The van der Waals surface area contributed by atoms with Gasteiger partial charge in [-0.3, -0.25) is 14.6 Å². The van der Waals surface area contributed by atoms with E-state index in [1.165, 1.54) is 0 Å².